The van der Waals surface area contributed by atoms with E-state index < -0.39 is 11.6 Å². The molecule has 0 bridgehead atoms. The summed E-state index contributed by atoms with van der Waals surface area (Å²) in [6.07, 6.45) is 1.38. The predicted octanol–water partition coefficient (Wildman–Crippen LogP) is 2.86. The molecule has 14 heavy (non-hydrogen) atoms. The Kier molecular flexibility index (Phi) is 2.11. The summed E-state index contributed by atoms with van der Waals surface area (Å²) in [6, 6.07) is 2.27. The summed E-state index contributed by atoms with van der Waals surface area (Å²) in [6.45, 7) is 0. The third-order valence-electron chi connectivity index (χ3n) is 1.89. The number of halogens is 3. The van der Waals surface area contributed by atoms with E-state index >= 15 is 0 Å². The molecule has 2 nitrogen and oxygen atoms in total. The van der Waals surface area contributed by atoms with Crippen LogP contribution < -0.4 is 5.73 Å². The number of benzene rings is 1. The number of nitrogens with zero attached hydrogens (tertiary/aromatic N) is 1. The number of hydrogen-bond acceptors (Lipinski definition) is 2. The molecule has 0 unspecified atom stereocenters. The van der Waals surface area contributed by atoms with Crippen molar-refractivity contribution in [2.45, 2.75) is 0 Å². The third-order valence-corrected chi connectivity index (χ3v) is 2.67. The lowest BCUT2D eigenvalue weighted by Gasteiger charge is -2.05. The van der Waals surface area contributed by atoms with Gasteiger partial charge in [0.25, 0.3) is 0 Å². The molecule has 0 atom stereocenters. The Bertz CT molecular complexity index is 514. The molecule has 0 saturated heterocycles. The number of nitrogens with two attached hydrogens (primary N) is 1. The van der Waals surface area contributed by atoms with E-state index in [2.05, 4.69) is 20.9 Å². The molecule has 1 aromatic heterocycles. The SMILES string of the molecule is Nc1ccnc2c(F)cc(F)c(Br)c12. The summed E-state index contributed by atoms with van der Waals surface area (Å²) in [5.74, 6) is -1.40. The number of rotatable bonds is 0. The highest BCUT2D eigenvalue weighted by Gasteiger charge is 2.13. The fourth-order valence-electron chi connectivity index (χ4n) is 1.25. The zero-order valence-electron chi connectivity index (χ0n) is 6.89. The van der Waals surface area contributed by atoms with E-state index in [-0.39, 0.29) is 15.4 Å². The van der Waals surface area contributed by atoms with Crippen LogP contribution in [0.1, 0.15) is 0 Å². The fourth-order valence-corrected chi connectivity index (χ4v) is 1.78. The first-order valence-electron chi connectivity index (χ1n) is 3.79. The van der Waals surface area contributed by atoms with E-state index in [1.165, 1.54) is 12.3 Å². The molecule has 5 heteroatoms. The summed E-state index contributed by atoms with van der Waals surface area (Å²) >= 11 is 3.00. The molecule has 2 N–H and O–H groups in total. The molecular weight excluding hydrogens is 254 g/mol. The Morgan fingerprint density at radius 1 is 1.29 bits per heavy atom. The Hall–Kier alpha value is -1.23. The van der Waals surface area contributed by atoms with Crippen LogP contribution in [0.25, 0.3) is 10.9 Å². The van der Waals surface area contributed by atoms with Gasteiger partial charge in [-0.3, -0.25) is 4.98 Å². The molecular formula is C9H5BrF2N2. The van der Waals surface area contributed by atoms with Gasteiger partial charge < -0.3 is 5.73 Å². The highest BCUT2D eigenvalue weighted by Crippen LogP contribution is 2.31. The fraction of sp³-hybridized carbons (Fsp3) is 0. The summed E-state index contributed by atoms with van der Waals surface area (Å²) in [5, 5.41) is 0.269. The van der Waals surface area contributed by atoms with Gasteiger partial charge in [-0.05, 0) is 22.0 Å². The van der Waals surface area contributed by atoms with Crippen LogP contribution in [0.3, 0.4) is 0 Å². The van der Waals surface area contributed by atoms with E-state index in [9.17, 15) is 8.78 Å². The second kappa shape index (κ2) is 3.16. The highest BCUT2D eigenvalue weighted by molar-refractivity contribution is 9.10. The van der Waals surface area contributed by atoms with Gasteiger partial charge in [0, 0.05) is 23.3 Å². The minimum atomic E-state index is -0.715. The molecule has 0 saturated carbocycles. The molecule has 0 aliphatic rings. The lowest BCUT2D eigenvalue weighted by molar-refractivity contribution is 0.586. The minimum Gasteiger partial charge on any atom is -0.398 e. The Balaban J connectivity index is 3.03. The predicted molar refractivity (Wildman–Crippen MR) is 53.8 cm³/mol. The van der Waals surface area contributed by atoms with Crippen LogP contribution in [0, 0.1) is 11.6 Å². The van der Waals surface area contributed by atoms with Crippen LogP contribution >= 0.6 is 15.9 Å². The minimum absolute atomic E-state index is 0.0678. The average molecular weight is 259 g/mol. The average Bonchev–Trinajstić information content (AvgIpc) is 2.14. The van der Waals surface area contributed by atoms with Gasteiger partial charge in [0.15, 0.2) is 5.82 Å². The van der Waals surface area contributed by atoms with Crippen LogP contribution in [0.4, 0.5) is 14.5 Å². The smallest absolute Gasteiger partial charge is 0.152 e. The molecule has 1 heterocycles. The second-order valence-electron chi connectivity index (χ2n) is 2.78. The van der Waals surface area contributed by atoms with Crippen molar-refractivity contribution >= 4 is 32.5 Å². The van der Waals surface area contributed by atoms with Crippen molar-refractivity contribution in [3.05, 3.63) is 34.4 Å². The summed E-state index contributed by atoms with van der Waals surface area (Å²) < 4.78 is 26.5. The summed E-state index contributed by atoms with van der Waals surface area (Å²) in [5.41, 5.74) is 5.95. The number of nitrogen functional groups attached to an aromatic ring is 1. The van der Waals surface area contributed by atoms with Gasteiger partial charge >= 0.3 is 0 Å². The van der Waals surface area contributed by atoms with Gasteiger partial charge in [0.05, 0.1) is 4.47 Å². The van der Waals surface area contributed by atoms with Crippen LogP contribution in [-0.4, -0.2) is 4.98 Å². The lowest BCUT2D eigenvalue weighted by Crippen LogP contribution is -1.94. The normalized spacial score (nSPS) is 10.8. The first kappa shape index (κ1) is 9.33. The maximum Gasteiger partial charge on any atom is 0.152 e. The van der Waals surface area contributed by atoms with Crippen molar-refractivity contribution in [2.24, 2.45) is 0 Å². The van der Waals surface area contributed by atoms with Crippen molar-refractivity contribution in [2.75, 3.05) is 5.73 Å². The van der Waals surface area contributed by atoms with E-state index in [1.807, 2.05) is 0 Å². The standard InChI is InChI=1S/C9H5BrF2N2/c10-8-4(11)3-5(12)9-7(8)6(13)1-2-14-9/h1-3H,(H2,13,14). The highest BCUT2D eigenvalue weighted by atomic mass is 79.9. The first-order valence-corrected chi connectivity index (χ1v) is 4.58. The Morgan fingerprint density at radius 3 is 2.71 bits per heavy atom. The van der Waals surface area contributed by atoms with Crippen molar-refractivity contribution < 1.29 is 8.78 Å². The summed E-state index contributed by atoms with van der Waals surface area (Å²) in [4.78, 5) is 3.79. The quantitative estimate of drug-likeness (QED) is 0.739. The van der Waals surface area contributed by atoms with Gasteiger partial charge in [0.2, 0.25) is 0 Å². The molecule has 0 radical (unpaired) electrons. The largest absolute Gasteiger partial charge is 0.398 e. The van der Waals surface area contributed by atoms with E-state index in [1.54, 1.807) is 0 Å². The molecule has 0 spiro atoms. The number of aromatic nitrogens is 1. The molecule has 0 aliphatic heterocycles. The summed E-state index contributed by atoms with van der Waals surface area (Å²) in [7, 11) is 0. The van der Waals surface area contributed by atoms with Gasteiger partial charge in [-0.25, -0.2) is 8.78 Å². The maximum absolute atomic E-state index is 13.2. The first-order chi connectivity index (χ1) is 6.61. The van der Waals surface area contributed by atoms with Crippen LogP contribution in [0.15, 0.2) is 22.8 Å². The maximum atomic E-state index is 13.2. The Labute approximate surface area is 86.9 Å². The molecule has 1 aromatic carbocycles. The van der Waals surface area contributed by atoms with Crippen molar-refractivity contribution in [3.63, 3.8) is 0 Å². The molecule has 2 aromatic rings. The van der Waals surface area contributed by atoms with E-state index in [4.69, 9.17) is 5.73 Å². The van der Waals surface area contributed by atoms with Gasteiger partial charge in [0.1, 0.15) is 11.3 Å². The monoisotopic (exact) mass is 258 g/mol. The third kappa shape index (κ3) is 1.24. The van der Waals surface area contributed by atoms with Crippen LogP contribution in [-0.2, 0) is 0 Å². The van der Waals surface area contributed by atoms with Gasteiger partial charge in [-0.1, -0.05) is 0 Å². The van der Waals surface area contributed by atoms with Crippen LogP contribution in [0.2, 0.25) is 0 Å². The van der Waals surface area contributed by atoms with Crippen molar-refractivity contribution in [1.29, 1.82) is 0 Å². The number of fused-ring (bicyclic) bond motifs is 1. The second-order valence-corrected chi connectivity index (χ2v) is 3.57. The van der Waals surface area contributed by atoms with Crippen molar-refractivity contribution in [1.82, 2.24) is 4.98 Å². The molecule has 0 fully saturated rings. The topological polar surface area (TPSA) is 38.9 Å². The van der Waals surface area contributed by atoms with E-state index in [0.29, 0.717) is 5.69 Å². The number of hydrogen-bond donors (Lipinski definition) is 1. The van der Waals surface area contributed by atoms with Crippen LogP contribution in [0.5, 0.6) is 0 Å². The number of anilines is 1. The van der Waals surface area contributed by atoms with Crippen molar-refractivity contribution in [3.8, 4) is 0 Å². The molecule has 2 rings (SSSR count). The van der Waals surface area contributed by atoms with Gasteiger partial charge in [-0.15, -0.1) is 0 Å². The molecule has 0 amide bonds. The lowest BCUT2D eigenvalue weighted by atomic mass is 10.2. The zero-order chi connectivity index (χ0) is 10.3. The number of pyridine rings is 1. The Morgan fingerprint density at radius 2 is 2.00 bits per heavy atom. The zero-order valence-corrected chi connectivity index (χ0v) is 8.48. The molecule has 0 aliphatic carbocycles. The molecule has 72 valence electrons. The van der Waals surface area contributed by atoms with Gasteiger partial charge in [-0.2, -0.15) is 0 Å². The van der Waals surface area contributed by atoms with E-state index in [0.717, 1.165) is 6.07 Å².